The minimum atomic E-state index is -0.0260. The third kappa shape index (κ3) is 4.79. The van der Waals surface area contributed by atoms with E-state index in [1.807, 2.05) is 40.4 Å². The van der Waals surface area contributed by atoms with E-state index in [-0.39, 0.29) is 5.91 Å². The second-order valence-corrected chi connectivity index (χ2v) is 8.70. The van der Waals surface area contributed by atoms with Crippen LogP contribution in [0.1, 0.15) is 25.3 Å². The first-order valence-corrected chi connectivity index (χ1v) is 11.7. The highest BCUT2D eigenvalue weighted by molar-refractivity contribution is 7.99. The Labute approximate surface area is 178 Å². The van der Waals surface area contributed by atoms with Crippen molar-refractivity contribution in [2.24, 2.45) is 0 Å². The highest BCUT2D eigenvalue weighted by atomic mass is 32.2. The number of nitrogens with one attached hydrogen (secondary N) is 1. The SMILES string of the molecule is CCn1c(SCC(=O)NCc2ccc(N3CCCC3)nc2)nnc1-c1cccs1. The number of hydrogen-bond donors (Lipinski definition) is 1. The topological polar surface area (TPSA) is 75.9 Å². The van der Waals surface area contributed by atoms with Gasteiger partial charge in [0.25, 0.3) is 0 Å². The molecule has 1 N–H and O–H groups in total. The molecule has 3 aromatic heterocycles. The lowest BCUT2D eigenvalue weighted by Gasteiger charge is -2.16. The van der Waals surface area contributed by atoms with Crippen molar-refractivity contribution in [2.75, 3.05) is 23.7 Å². The molecule has 0 aromatic carbocycles. The van der Waals surface area contributed by atoms with Gasteiger partial charge in [-0.25, -0.2) is 4.98 Å². The van der Waals surface area contributed by atoms with Crippen molar-refractivity contribution < 1.29 is 4.79 Å². The number of hydrogen-bond acceptors (Lipinski definition) is 7. The molecule has 0 unspecified atom stereocenters. The van der Waals surface area contributed by atoms with Crippen LogP contribution < -0.4 is 10.2 Å². The number of amides is 1. The molecule has 4 heterocycles. The average Bonchev–Trinajstić information content (AvgIpc) is 3.52. The predicted molar refractivity (Wildman–Crippen MR) is 117 cm³/mol. The summed E-state index contributed by atoms with van der Waals surface area (Å²) in [5.74, 6) is 2.16. The van der Waals surface area contributed by atoms with Crippen LogP contribution in [0.4, 0.5) is 5.82 Å². The van der Waals surface area contributed by atoms with E-state index in [9.17, 15) is 4.79 Å². The van der Waals surface area contributed by atoms with E-state index in [1.54, 1.807) is 11.3 Å². The molecule has 1 aliphatic heterocycles. The lowest BCUT2D eigenvalue weighted by molar-refractivity contribution is -0.118. The summed E-state index contributed by atoms with van der Waals surface area (Å²) in [5, 5.41) is 14.3. The molecule has 1 amide bonds. The third-order valence-corrected chi connectivity index (χ3v) is 6.67. The van der Waals surface area contributed by atoms with E-state index in [1.165, 1.54) is 24.6 Å². The maximum absolute atomic E-state index is 12.3. The van der Waals surface area contributed by atoms with Crippen molar-refractivity contribution in [3.63, 3.8) is 0 Å². The number of carbonyl (C=O) groups is 1. The Morgan fingerprint density at radius 2 is 2.10 bits per heavy atom. The lowest BCUT2D eigenvalue weighted by Crippen LogP contribution is -2.25. The normalized spacial score (nSPS) is 13.8. The van der Waals surface area contributed by atoms with Gasteiger partial charge in [0.15, 0.2) is 11.0 Å². The zero-order valence-corrected chi connectivity index (χ0v) is 18.0. The number of nitrogens with zero attached hydrogens (tertiary/aromatic N) is 5. The third-order valence-electron chi connectivity index (χ3n) is 4.84. The van der Waals surface area contributed by atoms with Crippen molar-refractivity contribution in [3.05, 3.63) is 41.4 Å². The number of pyridine rings is 1. The molecule has 29 heavy (non-hydrogen) atoms. The number of aromatic nitrogens is 4. The summed E-state index contributed by atoms with van der Waals surface area (Å²) in [6, 6.07) is 8.11. The van der Waals surface area contributed by atoms with Crippen LogP contribution in [-0.2, 0) is 17.9 Å². The summed E-state index contributed by atoms with van der Waals surface area (Å²) < 4.78 is 2.05. The van der Waals surface area contributed by atoms with Crippen molar-refractivity contribution >= 4 is 34.8 Å². The van der Waals surface area contributed by atoms with Crippen molar-refractivity contribution in [1.82, 2.24) is 25.1 Å². The second-order valence-electron chi connectivity index (χ2n) is 6.81. The zero-order valence-electron chi connectivity index (χ0n) is 16.4. The summed E-state index contributed by atoms with van der Waals surface area (Å²) >= 11 is 3.05. The first kappa shape index (κ1) is 19.9. The Balaban J connectivity index is 1.28. The molecule has 4 rings (SSSR count). The molecule has 0 bridgehead atoms. The molecule has 9 heteroatoms. The second kappa shape index (κ2) is 9.41. The summed E-state index contributed by atoms with van der Waals surface area (Å²) in [6.45, 7) is 5.46. The zero-order chi connectivity index (χ0) is 20.1. The van der Waals surface area contributed by atoms with Gasteiger partial charge in [0.2, 0.25) is 5.91 Å². The minimum Gasteiger partial charge on any atom is -0.357 e. The maximum Gasteiger partial charge on any atom is 0.230 e. The van der Waals surface area contributed by atoms with Gasteiger partial charge in [-0.3, -0.25) is 4.79 Å². The van der Waals surface area contributed by atoms with Crippen LogP contribution in [0.2, 0.25) is 0 Å². The quantitative estimate of drug-likeness (QED) is 0.554. The number of thioether (sulfide) groups is 1. The van der Waals surface area contributed by atoms with Gasteiger partial charge in [0, 0.05) is 32.4 Å². The van der Waals surface area contributed by atoms with Gasteiger partial charge < -0.3 is 14.8 Å². The van der Waals surface area contributed by atoms with Crippen molar-refractivity contribution in [1.29, 1.82) is 0 Å². The van der Waals surface area contributed by atoms with Crippen molar-refractivity contribution in [3.8, 4) is 10.7 Å². The van der Waals surface area contributed by atoms with Gasteiger partial charge in [-0.1, -0.05) is 23.9 Å². The largest absolute Gasteiger partial charge is 0.357 e. The fraction of sp³-hybridized carbons (Fsp3) is 0.400. The molecule has 1 fully saturated rings. The summed E-state index contributed by atoms with van der Waals surface area (Å²) in [4.78, 5) is 20.2. The van der Waals surface area contributed by atoms with E-state index in [0.717, 1.165) is 46.9 Å². The summed E-state index contributed by atoms with van der Waals surface area (Å²) in [6.07, 6.45) is 4.32. The van der Waals surface area contributed by atoms with Crippen molar-refractivity contribution in [2.45, 2.75) is 38.0 Å². The van der Waals surface area contributed by atoms with Crippen LogP contribution in [0.3, 0.4) is 0 Å². The highest BCUT2D eigenvalue weighted by Crippen LogP contribution is 2.27. The smallest absolute Gasteiger partial charge is 0.230 e. The summed E-state index contributed by atoms with van der Waals surface area (Å²) in [5.41, 5.74) is 1.00. The maximum atomic E-state index is 12.3. The Hall–Kier alpha value is -2.39. The van der Waals surface area contributed by atoms with Crippen LogP contribution in [0, 0.1) is 0 Å². The van der Waals surface area contributed by atoms with Crippen LogP contribution in [0.5, 0.6) is 0 Å². The minimum absolute atomic E-state index is 0.0260. The standard InChI is InChI=1S/C20H24N6OS2/c1-2-26-19(16-6-5-11-28-16)23-24-20(26)29-14-18(27)22-13-15-7-8-17(21-12-15)25-9-3-4-10-25/h5-8,11-12H,2-4,9-10,13-14H2,1H3,(H,22,27). The molecule has 0 spiro atoms. The average molecular weight is 429 g/mol. The molecule has 0 aliphatic carbocycles. The van der Waals surface area contributed by atoms with E-state index in [4.69, 9.17) is 0 Å². The number of thiophene rings is 1. The van der Waals surface area contributed by atoms with E-state index < -0.39 is 0 Å². The molecule has 3 aromatic rings. The van der Waals surface area contributed by atoms with Gasteiger partial charge >= 0.3 is 0 Å². The van der Waals surface area contributed by atoms with Gasteiger partial charge in [-0.05, 0) is 42.8 Å². The molecule has 1 aliphatic rings. The van der Waals surface area contributed by atoms with Crippen LogP contribution >= 0.6 is 23.1 Å². The van der Waals surface area contributed by atoms with Gasteiger partial charge in [-0.15, -0.1) is 21.5 Å². The lowest BCUT2D eigenvalue weighted by atomic mass is 10.2. The molecule has 0 radical (unpaired) electrons. The van der Waals surface area contributed by atoms with E-state index >= 15 is 0 Å². The monoisotopic (exact) mass is 428 g/mol. The van der Waals surface area contributed by atoms with E-state index in [2.05, 4.69) is 32.3 Å². The van der Waals surface area contributed by atoms with Gasteiger partial charge in [-0.2, -0.15) is 0 Å². The van der Waals surface area contributed by atoms with Gasteiger partial charge in [0.1, 0.15) is 5.82 Å². The molecule has 0 atom stereocenters. The Morgan fingerprint density at radius 3 is 2.79 bits per heavy atom. The first-order valence-electron chi connectivity index (χ1n) is 9.81. The fourth-order valence-corrected chi connectivity index (χ4v) is 4.85. The molecule has 7 nitrogen and oxygen atoms in total. The first-order chi connectivity index (χ1) is 14.2. The summed E-state index contributed by atoms with van der Waals surface area (Å²) in [7, 11) is 0. The fourth-order valence-electron chi connectivity index (χ4n) is 3.30. The number of carbonyl (C=O) groups excluding carboxylic acids is 1. The Morgan fingerprint density at radius 1 is 1.24 bits per heavy atom. The molecule has 0 saturated carbocycles. The van der Waals surface area contributed by atoms with Crippen LogP contribution in [0.15, 0.2) is 41.0 Å². The number of rotatable bonds is 8. The Kier molecular flexibility index (Phi) is 6.46. The molecular weight excluding hydrogens is 404 g/mol. The van der Waals surface area contributed by atoms with Crippen LogP contribution in [0.25, 0.3) is 10.7 Å². The molecule has 152 valence electrons. The number of anilines is 1. The van der Waals surface area contributed by atoms with E-state index in [0.29, 0.717) is 12.3 Å². The molecular formula is C20H24N6OS2. The Bertz CT molecular complexity index is 933. The van der Waals surface area contributed by atoms with Crippen LogP contribution in [-0.4, -0.2) is 44.5 Å². The molecule has 1 saturated heterocycles. The highest BCUT2D eigenvalue weighted by Gasteiger charge is 2.15. The predicted octanol–water partition coefficient (Wildman–Crippen LogP) is 3.43. The van der Waals surface area contributed by atoms with Gasteiger partial charge in [0.05, 0.1) is 10.6 Å².